The van der Waals surface area contributed by atoms with Gasteiger partial charge in [-0.2, -0.15) is 0 Å². The molecule has 0 saturated carbocycles. The zero-order valence-corrected chi connectivity index (χ0v) is 17.0. The lowest BCUT2D eigenvalue weighted by Gasteiger charge is -2.13. The van der Waals surface area contributed by atoms with Gasteiger partial charge in [-0.3, -0.25) is 0 Å². The summed E-state index contributed by atoms with van der Waals surface area (Å²) in [7, 11) is 1.34. The molecule has 0 fully saturated rings. The van der Waals surface area contributed by atoms with Crippen LogP contribution in [0.25, 0.3) is 0 Å². The Kier molecular flexibility index (Phi) is 7.05. The fourth-order valence-corrected chi connectivity index (χ4v) is 2.64. The maximum absolute atomic E-state index is 11.5. The number of nitrogen functional groups attached to an aromatic ring is 1. The van der Waals surface area contributed by atoms with Gasteiger partial charge in [0.25, 0.3) is 0 Å². The number of ether oxygens (including phenoxy) is 2. The number of rotatable bonds is 9. The van der Waals surface area contributed by atoms with Gasteiger partial charge in [-0.25, -0.2) is 14.8 Å². The van der Waals surface area contributed by atoms with E-state index in [0.717, 1.165) is 30.0 Å². The summed E-state index contributed by atoms with van der Waals surface area (Å²) in [6.07, 6.45) is 3.54. The maximum atomic E-state index is 11.5. The van der Waals surface area contributed by atoms with Crippen LogP contribution in [-0.4, -0.2) is 29.7 Å². The lowest BCUT2D eigenvalue weighted by Crippen LogP contribution is -2.05. The lowest BCUT2D eigenvalue weighted by molar-refractivity contribution is 0.0601. The van der Waals surface area contributed by atoms with E-state index < -0.39 is 5.97 Å². The normalized spacial score (nSPS) is 10.3. The fraction of sp³-hybridized carbons (Fsp3) is 0.227. The molecule has 8 heteroatoms. The Morgan fingerprint density at radius 2 is 1.53 bits per heavy atom. The molecule has 0 bridgehead atoms. The third-order valence-corrected chi connectivity index (χ3v) is 4.34. The molecule has 2 aromatic carbocycles. The minimum absolute atomic E-state index is 0.373. The highest BCUT2D eigenvalue weighted by molar-refractivity contribution is 5.90. The van der Waals surface area contributed by atoms with Crippen molar-refractivity contribution in [1.29, 1.82) is 0 Å². The topological polar surface area (TPSA) is 111 Å². The van der Waals surface area contributed by atoms with E-state index in [2.05, 4.69) is 27.5 Å². The highest BCUT2D eigenvalue weighted by Crippen LogP contribution is 2.28. The first-order chi connectivity index (χ1) is 14.6. The van der Waals surface area contributed by atoms with Gasteiger partial charge in [-0.1, -0.05) is 13.3 Å². The molecule has 4 N–H and O–H groups in total. The second kappa shape index (κ2) is 10.1. The highest BCUT2D eigenvalue weighted by Gasteiger charge is 2.10. The highest BCUT2D eigenvalue weighted by atomic mass is 16.5. The standard InChI is InChI=1S/C22H25N5O3/c1-3-4-13-30-18-11-9-17(10-12-18)27-21-19(23)20(24-14-25-21)26-16-7-5-15(6-8-16)22(28)29-2/h5-12,14H,3-4,13,23H2,1-2H3,(H2,24,25,26,27). The van der Waals surface area contributed by atoms with E-state index in [9.17, 15) is 4.79 Å². The van der Waals surface area contributed by atoms with Crippen LogP contribution in [0.3, 0.4) is 0 Å². The monoisotopic (exact) mass is 407 g/mol. The summed E-state index contributed by atoms with van der Waals surface area (Å²) in [5.41, 5.74) is 8.63. The van der Waals surface area contributed by atoms with Gasteiger partial charge >= 0.3 is 5.97 Å². The van der Waals surface area contributed by atoms with E-state index in [0.29, 0.717) is 29.5 Å². The van der Waals surface area contributed by atoms with Crippen molar-refractivity contribution < 1.29 is 14.3 Å². The second-order valence-corrected chi connectivity index (χ2v) is 6.53. The number of nitrogens with zero attached hydrogens (tertiary/aromatic N) is 2. The van der Waals surface area contributed by atoms with Crippen molar-refractivity contribution in [3.05, 3.63) is 60.4 Å². The number of nitrogens with one attached hydrogen (secondary N) is 2. The molecule has 0 saturated heterocycles. The maximum Gasteiger partial charge on any atom is 0.337 e. The third-order valence-electron chi connectivity index (χ3n) is 4.34. The molecule has 8 nitrogen and oxygen atoms in total. The Labute approximate surface area is 175 Å². The zero-order valence-electron chi connectivity index (χ0n) is 17.0. The lowest BCUT2D eigenvalue weighted by atomic mass is 10.2. The van der Waals surface area contributed by atoms with Crippen molar-refractivity contribution in [2.24, 2.45) is 0 Å². The molecule has 3 aromatic rings. The van der Waals surface area contributed by atoms with Gasteiger partial charge in [0.2, 0.25) is 0 Å². The number of benzene rings is 2. The van der Waals surface area contributed by atoms with Gasteiger partial charge in [0.05, 0.1) is 19.3 Å². The van der Waals surface area contributed by atoms with Crippen LogP contribution in [0.15, 0.2) is 54.9 Å². The number of methoxy groups -OCH3 is 1. The van der Waals surface area contributed by atoms with Gasteiger partial charge in [-0.05, 0) is 55.0 Å². The molecule has 30 heavy (non-hydrogen) atoms. The molecule has 3 rings (SSSR count). The SMILES string of the molecule is CCCCOc1ccc(Nc2ncnc(Nc3ccc(C(=O)OC)cc3)c2N)cc1. The largest absolute Gasteiger partial charge is 0.494 e. The minimum atomic E-state index is -0.392. The third kappa shape index (κ3) is 5.38. The van der Waals surface area contributed by atoms with Crippen molar-refractivity contribution in [2.75, 3.05) is 30.1 Å². The van der Waals surface area contributed by atoms with Gasteiger partial charge in [0.15, 0.2) is 11.6 Å². The summed E-state index contributed by atoms with van der Waals surface area (Å²) in [5.74, 6) is 1.37. The second-order valence-electron chi connectivity index (χ2n) is 6.53. The summed E-state index contributed by atoms with van der Waals surface area (Å²) in [6.45, 7) is 2.83. The number of hydrogen-bond acceptors (Lipinski definition) is 8. The van der Waals surface area contributed by atoms with Crippen molar-refractivity contribution in [2.45, 2.75) is 19.8 Å². The van der Waals surface area contributed by atoms with Crippen molar-refractivity contribution in [3.8, 4) is 5.75 Å². The Morgan fingerprint density at radius 3 is 2.07 bits per heavy atom. The van der Waals surface area contributed by atoms with Gasteiger partial charge in [0, 0.05) is 11.4 Å². The van der Waals surface area contributed by atoms with E-state index in [1.54, 1.807) is 24.3 Å². The number of carbonyl (C=O) groups excluding carboxylic acids is 1. The van der Waals surface area contributed by atoms with E-state index in [1.807, 2.05) is 24.3 Å². The molecule has 0 atom stereocenters. The van der Waals surface area contributed by atoms with E-state index in [1.165, 1.54) is 13.4 Å². The van der Waals surface area contributed by atoms with E-state index in [4.69, 9.17) is 15.2 Å². The Bertz CT molecular complexity index is 975. The Hall–Kier alpha value is -3.81. The average molecular weight is 407 g/mol. The molecule has 0 amide bonds. The molecule has 0 spiro atoms. The van der Waals surface area contributed by atoms with Crippen LogP contribution in [0.2, 0.25) is 0 Å². The van der Waals surface area contributed by atoms with Crippen LogP contribution in [0.4, 0.5) is 28.7 Å². The van der Waals surface area contributed by atoms with Crippen LogP contribution in [0.1, 0.15) is 30.1 Å². The van der Waals surface area contributed by atoms with Gasteiger partial charge < -0.3 is 25.8 Å². The number of hydrogen-bond donors (Lipinski definition) is 3. The first-order valence-electron chi connectivity index (χ1n) is 9.66. The van der Waals surface area contributed by atoms with Gasteiger partial charge in [-0.15, -0.1) is 0 Å². The number of unbranched alkanes of at least 4 members (excludes halogenated alkanes) is 1. The smallest absolute Gasteiger partial charge is 0.337 e. The van der Waals surface area contributed by atoms with Crippen LogP contribution < -0.4 is 21.1 Å². The van der Waals surface area contributed by atoms with Crippen LogP contribution in [0.5, 0.6) is 5.75 Å². The van der Waals surface area contributed by atoms with Crippen LogP contribution >= 0.6 is 0 Å². The summed E-state index contributed by atoms with van der Waals surface area (Å²) >= 11 is 0. The number of esters is 1. The van der Waals surface area contributed by atoms with Crippen LogP contribution in [0, 0.1) is 0 Å². The van der Waals surface area contributed by atoms with Crippen molar-refractivity contribution in [1.82, 2.24) is 9.97 Å². The summed E-state index contributed by atoms with van der Waals surface area (Å²) in [6, 6.07) is 14.4. The first-order valence-corrected chi connectivity index (χ1v) is 9.66. The fourth-order valence-electron chi connectivity index (χ4n) is 2.64. The predicted octanol–water partition coefficient (Wildman–Crippen LogP) is 4.51. The molecule has 1 heterocycles. The Morgan fingerprint density at radius 1 is 0.967 bits per heavy atom. The predicted molar refractivity (Wildman–Crippen MR) is 118 cm³/mol. The first kappa shape index (κ1) is 20.9. The van der Waals surface area contributed by atoms with E-state index >= 15 is 0 Å². The minimum Gasteiger partial charge on any atom is -0.494 e. The van der Waals surface area contributed by atoms with Crippen molar-refractivity contribution >= 4 is 34.7 Å². The molecule has 0 unspecified atom stereocenters. The van der Waals surface area contributed by atoms with Crippen molar-refractivity contribution in [3.63, 3.8) is 0 Å². The summed E-state index contributed by atoms with van der Waals surface area (Å²) < 4.78 is 10.4. The summed E-state index contributed by atoms with van der Waals surface area (Å²) in [5, 5.41) is 6.32. The zero-order chi connectivity index (χ0) is 21.3. The molecule has 0 aliphatic rings. The summed E-state index contributed by atoms with van der Waals surface area (Å²) in [4.78, 5) is 20.0. The molecule has 1 aromatic heterocycles. The molecule has 0 radical (unpaired) electrons. The molecule has 0 aliphatic heterocycles. The van der Waals surface area contributed by atoms with E-state index in [-0.39, 0.29) is 0 Å². The molecular formula is C22H25N5O3. The van der Waals surface area contributed by atoms with Crippen LogP contribution in [-0.2, 0) is 4.74 Å². The quantitative estimate of drug-likeness (QED) is 0.351. The number of aromatic nitrogens is 2. The molecular weight excluding hydrogens is 382 g/mol. The van der Waals surface area contributed by atoms with Gasteiger partial charge in [0.1, 0.15) is 17.8 Å². The average Bonchev–Trinajstić information content (AvgIpc) is 2.78. The number of nitrogens with two attached hydrogens (primary N) is 1. The molecule has 0 aliphatic carbocycles. The number of carbonyl (C=O) groups is 1. The number of anilines is 5. The molecule has 156 valence electrons. The Balaban J connectivity index is 1.68.